The Bertz CT molecular complexity index is 823. The number of carbonyl (C=O) groups excluding carboxylic acids is 1. The summed E-state index contributed by atoms with van der Waals surface area (Å²) >= 11 is 3.23. The highest BCUT2D eigenvalue weighted by Gasteiger charge is 2.47. The highest BCUT2D eigenvalue weighted by Crippen LogP contribution is 2.30. The van der Waals surface area contributed by atoms with E-state index in [0.717, 1.165) is 18.5 Å². The van der Waals surface area contributed by atoms with Gasteiger partial charge in [0.05, 0.1) is 37.1 Å². The minimum Gasteiger partial charge on any atom is -0.348 e. The number of amides is 1. The zero-order chi connectivity index (χ0) is 18.1. The van der Waals surface area contributed by atoms with E-state index >= 15 is 0 Å². The number of benzene rings is 1. The Balaban J connectivity index is 1.62. The molecule has 0 bridgehead atoms. The molecule has 136 valence electrons. The zero-order valence-corrected chi connectivity index (χ0v) is 15.4. The number of hydrogen-bond acceptors (Lipinski definition) is 6. The number of nitrogens with zero attached hydrogens (tertiary/aromatic N) is 3. The fourth-order valence-corrected chi connectivity index (χ4v) is 3.11. The van der Waals surface area contributed by atoms with Crippen molar-refractivity contribution in [3.8, 4) is 0 Å². The molecule has 9 heteroatoms. The van der Waals surface area contributed by atoms with Crippen molar-refractivity contribution in [1.82, 2.24) is 10.4 Å². The fraction of sp³-hybridized carbons (Fsp3) is 0.353. The van der Waals surface area contributed by atoms with Crippen LogP contribution in [-0.4, -0.2) is 42.2 Å². The number of rotatable bonds is 6. The van der Waals surface area contributed by atoms with Crippen LogP contribution in [0.25, 0.3) is 0 Å². The standard InChI is InChI=1S/C17H17BrFN5O2/c18-12-3-4-15(14(19)5-12)22-17(16(25)23-26-8-11-1-2-11)9-20-6-13-7-21-10-24(13)17/h3-6,9-11,22H,1-2,7-8H2,(H,23,25). The number of fused-ring (bicyclic) bond motifs is 1. The quantitative estimate of drug-likeness (QED) is 0.691. The molecule has 1 aromatic carbocycles. The number of carbonyl (C=O) groups is 1. The first kappa shape index (κ1) is 17.2. The Hall–Kier alpha value is -2.26. The highest BCUT2D eigenvalue weighted by molar-refractivity contribution is 9.10. The second kappa shape index (κ2) is 6.81. The van der Waals surface area contributed by atoms with E-state index < -0.39 is 17.4 Å². The Morgan fingerprint density at radius 3 is 3.08 bits per heavy atom. The number of anilines is 1. The summed E-state index contributed by atoms with van der Waals surface area (Å²) in [6.45, 7) is 0.863. The summed E-state index contributed by atoms with van der Waals surface area (Å²) in [4.78, 5) is 28.3. The molecular formula is C17H17BrFN5O2. The minimum absolute atomic E-state index is 0.165. The predicted octanol–water partition coefficient (Wildman–Crippen LogP) is 2.42. The van der Waals surface area contributed by atoms with Crippen molar-refractivity contribution in [3.63, 3.8) is 0 Å². The van der Waals surface area contributed by atoms with Gasteiger partial charge in [0.1, 0.15) is 5.82 Å². The van der Waals surface area contributed by atoms with Crippen molar-refractivity contribution in [2.45, 2.75) is 18.5 Å². The van der Waals surface area contributed by atoms with E-state index in [1.165, 1.54) is 12.3 Å². The van der Waals surface area contributed by atoms with E-state index in [1.807, 2.05) is 0 Å². The number of aliphatic imine (C=N–C) groups is 2. The van der Waals surface area contributed by atoms with Gasteiger partial charge >= 0.3 is 0 Å². The monoisotopic (exact) mass is 421 g/mol. The van der Waals surface area contributed by atoms with Gasteiger partial charge in [-0.05, 0) is 37.0 Å². The SMILES string of the molecule is O=C(NOCC1CC1)C1(Nc2ccc(Br)cc2F)C=NC=C2CN=CN21. The number of nitrogens with one attached hydrogen (secondary N) is 2. The van der Waals surface area contributed by atoms with Crippen molar-refractivity contribution >= 4 is 40.1 Å². The van der Waals surface area contributed by atoms with Crippen molar-refractivity contribution in [2.75, 3.05) is 18.5 Å². The number of hydroxylamine groups is 1. The molecule has 0 radical (unpaired) electrons. The molecule has 2 heterocycles. The van der Waals surface area contributed by atoms with E-state index in [4.69, 9.17) is 4.84 Å². The molecule has 2 aliphatic heterocycles. The van der Waals surface area contributed by atoms with Crippen LogP contribution in [0, 0.1) is 11.7 Å². The van der Waals surface area contributed by atoms with E-state index in [-0.39, 0.29) is 5.69 Å². The molecule has 0 aromatic heterocycles. The van der Waals surface area contributed by atoms with Crippen LogP contribution in [0.15, 0.2) is 44.6 Å². The topological polar surface area (TPSA) is 78.3 Å². The van der Waals surface area contributed by atoms with Crippen LogP contribution in [-0.2, 0) is 9.63 Å². The summed E-state index contributed by atoms with van der Waals surface area (Å²) in [5.74, 6) is -0.499. The van der Waals surface area contributed by atoms with Gasteiger partial charge in [0.15, 0.2) is 0 Å². The predicted molar refractivity (Wildman–Crippen MR) is 99.0 cm³/mol. The molecule has 0 saturated heterocycles. The van der Waals surface area contributed by atoms with Crippen molar-refractivity contribution in [3.05, 3.63) is 40.4 Å². The second-order valence-electron chi connectivity index (χ2n) is 6.43. The second-order valence-corrected chi connectivity index (χ2v) is 7.34. The summed E-state index contributed by atoms with van der Waals surface area (Å²) in [5, 5.41) is 2.97. The van der Waals surface area contributed by atoms with Crippen LogP contribution in [0.4, 0.5) is 10.1 Å². The maximum absolute atomic E-state index is 14.4. The van der Waals surface area contributed by atoms with E-state index in [0.29, 0.717) is 23.5 Å². The average molecular weight is 422 g/mol. The third kappa shape index (κ3) is 3.24. The third-order valence-electron chi connectivity index (χ3n) is 4.41. The highest BCUT2D eigenvalue weighted by atomic mass is 79.9. The van der Waals surface area contributed by atoms with Crippen molar-refractivity contribution in [2.24, 2.45) is 15.9 Å². The van der Waals surface area contributed by atoms with Crippen molar-refractivity contribution < 1.29 is 14.0 Å². The molecule has 4 rings (SSSR count). The maximum Gasteiger partial charge on any atom is 0.296 e. The lowest BCUT2D eigenvalue weighted by Gasteiger charge is -2.39. The average Bonchev–Trinajstić information content (AvgIpc) is 3.31. The Morgan fingerprint density at radius 2 is 2.31 bits per heavy atom. The van der Waals surface area contributed by atoms with Crippen LogP contribution in [0.1, 0.15) is 12.8 Å². The molecule has 0 spiro atoms. The molecule has 26 heavy (non-hydrogen) atoms. The number of halogens is 2. The first-order valence-electron chi connectivity index (χ1n) is 8.26. The summed E-state index contributed by atoms with van der Waals surface area (Å²) < 4.78 is 15.0. The molecule has 3 aliphatic rings. The Morgan fingerprint density at radius 1 is 1.46 bits per heavy atom. The Kier molecular flexibility index (Phi) is 4.49. The first-order valence-corrected chi connectivity index (χ1v) is 9.06. The third-order valence-corrected chi connectivity index (χ3v) is 4.90. The van der Waals surface area contributed by atoms with Gasteiger partial charge in [0.2, 0.25) is 5.66 Å². The Labute approximate surface area is 158 Å². The van der Waals surface area contributed by atoms with Gasteiger partial charge in [-0.15, -0.1) is 0 Å². The van der Waals surface area contributed by atoms with Gasteiger partial charge < -0.3 is 5.32 Å². The van der Waals surface area contributed by atoms with Gasteiger partial charge in [0.25, 0.3) is 5.91 Å². The lowest BCUT2D eigenvalue weighted by atomic mass is 10.1. The molecule has 1 atom stereocenters. The molecule has 1 aromatic rings. The van der Waals surface area contributed by atoms with Crippen LogP contribution in [0.5, 0.6) is 0 Å². The largest absolute Gasteiger partial charge is 0.348 e. The van der Waals surface area contributed by atoms with Crippen LogP contribution in [0.3, 0.4) is 0 Å². The van der Waals surface area contributed by atoms with Crippen LogP contribution in [0.2, 0.25) is 0 Å². The zero-order valence-electron chi connectivity index (χ0n) is 13.8. The van der Waals surface area contributed by atoms with E-state index in [2.05, 4.69) is 36.7 Å². The molecule has 1 saturated carbocycles. The normalized spacial score (nSPS) is 23.6. The fourth-order valence-electron chi connectivity index (χ4n) is 2.78. The molecule has 1 fully saturated rings. The first-order chi connectivity index (χ1) is 12.6. The van der Waals surface area contributed by atoms with E-state index in [1.54, 1.807) is 29.6 Å². The molecule has 1 amide bonds. The molecule has 1 aliphatic carbocycles. The molecule has 7 nitrogen and oxygen atoms in total. The maximum atomic E-state index is 14.4. The van der Waals surface area contributed by atoms with Crippen molar-refractivity contribution in [1.29, 1.82) is 0 Å². The molecular weight excluding hydrogens is 405 g/mol. The number of hydrogen-bond donors (Lipinski definition) is 2. The van der Waals surface area contributed by atoms with Gasteiger partial charge in [-0.3, -0.25) is 24.5 Å². The van der Waals surface area contributed by atoms with E-state index in [9.17, 15) is 9.18 Å². The minimum atomic E-state index is -1.47. The summed E-state index contributed by atoms with van der Waals surface area (Å²) in [7, 11) is 0. The van der Waals surface area contributed by atoms with Gasteiger partial charge in [-0.25, -0.2) is 9.87 Å². The molecule has 1 unspecified atom stereocenters. The summed E-state index contributed by atoms with van der Waals surface area (Å²) in [6.07, 6.45) is 6.81. The van der Waals surface area contributed by atoms with Crippen LogP contribution < -0.4 is 10.8 Å². The lowest BCUT2D eigenvalue weighted by molar-refractivity contribution is -0.139. The van der Waals surface area contributed by atoms with Crippen LogP contribution >= 0.6 is 15.9 Å². The smallest absolute Gasteiger partial charge is 0.296 e. The molecule has 2 N–H and O–H groups in total. The summed E-state index contributed by atoms with van der Waals surface area (Å²) in [5.41, 5.74) is 1.90. The lowest BCUT2D eigenvalue weighted by Crippen LogP contribution is -2.64. The van der Waals surface area contributed by atoms with Gasteiger partial charge in [0, 0.05) is 10.7 Å². The van der Waals surface area contributed by atoms with Gasteiger partial charge in [-0.1, -0.05) is 15.9 Å². The van der Waals surface area contributed by atoms with Gasteiger partial charge in [-0.2, -0.15) is 0 Å². The summed E-state index contributed by atoms with van der Waals surface area (Å²) in [6, 6.07) is 4.57.